The van der Waals surface area contributed by atoms with Crippen molar-refractivity contribution in [3.8, 4) is 0 Å². The van der Waals surface area contributed by atoms with Gasteiger partial charge in [0.1, 0.15) is 0 Å². The molecule has 0 aromatic heterocycles. The van der Waals surface area contributed by atoms with Crippen LogP contribution >= 0.6 is 0 Å². The summed E-state index contributed by atoms with van der Waals surface area (Å²) in [4.78, 5) is 12.9. The molecule has 5 heteroatoms. The van der Waals surface area contributed by atoms with Gasteiger partial charge in [-0.3, -0.25) is 4.79 Å². The normalized spacial score (nSPS) is 29.8. The van der Waals surface area contributed by atoms with Crippen LogP contribution < -0.4 is 5.32 Å². The number of amides is 1. The van der Waals surface area contributed by atoms with E-state index in [1.165, 1.54) is 25.7 Å². The maximum absolute atomic E-state index is 12.6. The van der Waals surface area contributed by atoms with E-state index in [0.29, 0.717) is 16.4 Å². The van der Waals surface area contributed by atoms with Gasteiger partial charge in [-0.25, -0.2) is 8.42 Å². The van der Waals surface area contributed by atoms with Crippen molar-refractivity contribution in [2.45, 2.75) is 74.5 Å². The second kappa shape index (κ2) is 6.99. The Morgan fingerprint density at radius 1 is 1.04 bits per heavy atom. The highest BCUT2D eigenvalue weighted by atomic mass is 32.2. The maximum atomic E-state index is 12.6. The molecule has 26 heavy (non-hydrogen) atoms. The van der Waals surface area contributed by atoms with Crippen molar-refractivity contribution < 1.29 is 13.2 Å². The van der Waals surface area contributed by atoms with E-state index in [1.807, 2.05) is 0 Å². The zero-order valence-corrected chi connectivity index (χ0v) is 16.3. The molecule has 0 saturated heterocycles. The molecule has 4 rings (SSSR count). The number of benzene rings is 1. The summed E-state index contributed by atoms with van der Waals surface area (Å²) in [5, 5.41) is 2.90. The summed E-state index contributed by atoms with van der Waals surface area (Å²) in [6.07, 6.45) is 8.74. The van der Waals surface area contributed by atoms with Gasteiger partial charge in [-0.05, 0) is 81.0 Å². The van der Waals surface area contributed by atoms with Crippen LogP contribution in [0.25, 0.3) is 0 Å². The van der Waals surface area contributed by atoms with E-state index in [0.717, 1.165) is 37.5 Å². The Morgan fingerprint density at radius 2 is 1.73 bits per heavy atom. The summed E-state index contributed by atoms with van der Waals surface area (Å²) in [7, 11) is -3.25. The molecule has 3 fully saturated rings. The van der Waals surface area contributed by atoms with Gasteiger partial charge in [0.2, 0.25) is 0 Å². The van der Waals surface area contributed by atoms with Gasteiger partial charge in [-0.1, -0.05) is 19.3 Å². The van der Waals surface area contributed by atoms with Crippen molar-refractivity contribution >= 4 is 15.7 Å². The molecule has 0 aliphatic heterocycles. The molecule has 0 unspecified atom stereocenters. The minimum absolute atomic E-state index is 0.0925. The molecule has 4 nitrogen and oxygen atoms in total. The summed E-state index contributed by atoms with van der Waals surface area (Å²) in [5.74, 6) is 2.14. The highest BCUT2D eigenvalue weighted by Gasteiger charge is 2.42. The van der Waals surface area contributed by atoms with Crippen molar-refractivity contribution in [1.82, 2.24) is 5.32 Å². The average Bonchev–Trinajstić information content (AvgIpc) is 3.39. The Balaban J connectivity index is 1.41. The Hall–Kier alpha value is -1.36. The summed E-state index contributed by atoms with van der Waals surface area (Å²) >= 11 is 0. The summed E-state index contributed by atoms with van der Waals surface area (Å²) in [5.41, 5.74) is 0.547. The van der Waals surface area contributed by atoms with Gasteiger partial charge < -0.3 is 5.32 Å². The SMILES string of the molecule is C[C@@H](NC(=O)c1ccc(S(=O)(=O)C2CCCC2)cc1)[C@H]1C[C@H]2CC[C@H]1C2. The third kappa shape index (κ3) is 3.30. The number of nitrogens with one attached hydrogen (secondary N) is 1. The fourth-order valence-corrected chi connectivity index (χ4v) is 7.34. The highest BCUT2D eigenvalue weighted by molar-refractivity contribution is 7.92. The van der Waals surface area contributed by atoms with Gasteiger partial charge in [0.25, 0.3) is 5.91 Å². The quantitative estimate of drug-likeness (QED) is 0.847. The second-order valence-electron chi connectivity index (χ2n) is 8.58. The van der Waals surface area contributed by atoms with Gasteiger partial charge in [0, 0.05) is 11.6 Å². The van der Waals surface area contributed by atoms with Crippen LogP contribution in [0.5, 0.6) is 0 Å². The molecule has 4 atom stereocenters. The molecule has 3 aliphatic rings. The van der Waals surface area contributed by atoms with Crippen molar-refractivity contribution in [2.75, 3.05) is 0 Å². The van der Waals surface area contributed by atoms with Gasteiger partial charge in [-0.2, -0.15) is 0 Å². The van der Waals surface area contributed by atoms with E-state index in [1.54, 1.807) is 24.3 Å². The molecule has 0 radical (unpaired) electrons. The first-order valence-corrected chi connectivity index (χ1v) is 11.6. The van der Waals surface area contributed by atoms with E-state index >= 15 is 0 Å². The fraction of sp³-hybridized carbons (Fsp3) is 0.667. The molecule has 1 amide bonds. The molecule has 3 saturated carbocycles. The lowest BCUT2D eigenvalue weighted by atomic mass is 9.84. The molecule has 1 aromatic carbocycles. The van der Waals surface area contributed by atoms with Crippen LogP contribution in [0.15, 0.2) is 29.2 Å². The first-order chi connectivity index (χ1) is 12.4. The number of carbonyl (C=O) groups excluding carboxylic acids is 1. The molecule has 2 bridgehead atoms. The van der Waals surface area contributed by atoms with Crippen LogP contribution in [0, 0.1) is 17.8 Å². The Kier molecular flexibility index (Phi) is 4.84. The standard InChI is InChI=1S/C21H29NO3S/c1-14(20-13-15-6-7-17(20)12-15)22-21(23)16-8-10-19(11-9-16)26(24,25)18-4-2-3-5-18/h8-11,14-15,17-18,20H,2-7,12-13H2,1H3,(H,22,23)/t14-,15+,17+,20-/m1/s1. The maximum Gasteiger partial charge on any atom is 0.251 e. The molecule has 1 aromatic rings. The summed E-state index contributed by atoms with van der Waals surface area (Å²) in [6, 6.07) is 6.70. The fourth-order valence-electron chi connectivity index (χ4n) is 5.49. The van der Waals surface area contributed by atoms with E-state index in [9.17, 15) is 13.2 Å². The second-order valence-corrected chi connectivity index (χ2v) is 10.8. The van der Waals surface area contributed by atoms with Gasteiger partial charge in [0.15, 0.2) is 9.84 Å². The molecule has 0 heterocycles. The van der Waals surface area contributed by atoms with Crippen LogP contribution in [0.1, 0.15) is 68.6 Å². The topological polar surface area (TPSA) is 63.2 Å². The van der Waals surface area contributed by atoms with Crippen LogP contribution in [0.4, 0.5) is 0 Å². The Morgan fingerprint density at radius 3 is 2.31 bits per heavy atom. The van der Waals surface area contributed by atoms with Crippen molar-refractivity contribution in [1.29, 1.82) is 0 Å². The molecular formula is C21H29NO3S. The lowest BCUT2D eigenvalue weighted by Gasteiger charge is -2.28. The molecule has 0 spiro atoms. The predicted octanol–water partition coefficient (Wildman–Crippen LogP) is 3.96. The van der Waals surface area contributed by atoms with E-state index in [4.69, 9.17) is 0 Å². The smallest absolute Gasteiger partial charge is 0.251 e. The number of sulfone groups is 1. The number of carbonyl (C=O) groups is 1. The molecule has 1 N–H and O–H groups in total. The first kappa shape index (κ1) is 18.0. The minimum Gasteiger partial charge on any atom is -0.349 e. The van der Waals surface area contributed by atoms with Gasteiger partial charge >= 0.3 is 0 Å². The number of hydrogen-bond acceptors (Lipinski definition) is 3. The van der Waals surface area contributed by atoms with Crippen LogP contribution in [-0.2, 0) is 9.84 Å². The largest absolute Gasteiger partial charge is 0.349 e. The third-order valence-electron chi connectivity index (χ3n) is 6.98. The predicted molar refractivity (Wildman–Crippen MR) is 102 cm³/mol. The minimum atomic E-state index is -3.25. The average molecular weight is 376 g/mol. The zero-order chi connectivity index (χ0) is 18.3. The number of hydrogen-bond donors (Lipinski definition) is 1. The van der Waals surface area contributed by atoms with E-state index in [-0.39, 0.29) is 17.2 Å². The monoisotopic (exact) mass is 375 g/mol. The number of rotatable bonds is 5. The first-order valence-electron chi connectivity index (χ1n) is 10.1. The molecule has 142 valence electrons. The van der Waals surface area contributed by atoms with Crippen LogP contribution in [0.2, 0.25) is 0 Å². The summed E-state index contributed by atoms with van der Waals surface area (Å²) in [6.45, 7) is 2.11. The number of fused-ring (bicyclic) bond motifs is 2. The third-order valence-corrected chi connectivity index (χ3v) is 9.26. The van der Waals surface area contributed by atoms with Crippen molar-refractivity contribution in [2.24, 2.45) is 17.8 Å². The summed E-state index contributed by atoms with van der Waals surface area (Å²) < 4.78 is 25.3. The Bertz CT molecular complexity index is 765. The molecular weight excluding hydrogens is 346 g/mol. The lowest BCUT2D eigenvalue weighted by Crippen LogP contribution is -2.40. The molecule has 3 aliphatic carbocycles. The van der Waals surface area contributed by atoms with Crippen molar-refractivity contribution in [3.63, 3.8) is 0 Å². The van der Waals surface area contributed by atoms with Crippen LogP contribution in [0.3, 0.4) is 0 Å². The van der Waals surface area contributed by atoms with E-state index in [2.05, 4.69) is 12.2 Å². The van der Waals surface area contributed by atoms with E-state index < -0.39 is 9.84 Å². The van der Waals surface area contributed by atoms with Crippen molar-refractivity contribution in [3.05, 3.63) is 29.8 Å². The Labute approximate surface area is 156 Å². The zero-order valence-electron chi connectivity index (χ0n) is 15.5. The van der Waals surface area contributed by atoms with Gasteiger partial charge in [0.05, 0.1) is 10.1 Å². The van der Waals surface area contributed by atoms with Gasteiger partial charge in [-0.15, -0.1) is 0 Å². The van der Waals surface area contributed by atoms with Crippen LogP contribution in [-0.4, -0.2) is 25.6 Å². The lowest BCUT2D eigenvalue weighted by molar-refractivity contribution is 0.0915. The highest BCUT2D eigenvalue weighted by Crippen LogP contribution is 2.49.